The second-order valence-corrected chi connectivity index (χ2v) is 19.6. The van der Waals surface area contributed by atoms with E-state index in [-0.39, 0.29) is 30.6 Å². The van der Waals surface area contributed by atoms with Gasteiger partial charge in [0.2, 0.25) is 35.4 Å². The van der Waals surface area contributed by atoms with Crippen molar-refractivity contribution in [3.63, 3.8) is 0 Å². The van der Waals surface area contributed by atoms with Gasteiger partial charge in [-0.25, -0.2) is 9.37 Å². The number of benzene rings is 3. The molecule has 0 fully saturated rings. The number of amides is 7. The number of hydrogen-bond acceptors (Lipinski definition) is 13. The van der Waals surface area contributed by atoms with Crippen LogP contribution in [0.2, 0.25) is 0 Å². The number of carbonyl (C=O) groups is 7. The molecule has 2 heterocycles. The monoisotopic (exact) mass is 1130 g/mol. The predicted molar refractivity (Wildman–Crippen MR) is 300 cm³/mol. The van der Waals surface area contributed by atoms with E-state index < -0.39 is 108 Å². The standard InChI is InChI=1S/C43H54FN13O10S.C7H8.C4H11N/c1-4-6-32-28(18-48-34(32)5-2)16-35(55-43(65)36(17-30-19-47-24-51-30)54-39(61)21-50-41(63)33(45)15-26-9-13-31(58)14-10-26)42(64)53-25(3)40(62)56-57(23-27-7-11-29(44)12-8-27)68(66,67)52-22-38(60)49-20-37(46)59;1-7-5-3-2-4-6-7;1-2-3-4-5/h4-14,18-19,24-25,33,35-36,48,52,58H,2,15-17,20-23,45H2,1,3H3,(H2,46,59)(H,47,51)(H,49,60)(H,50,63)(H,53,64)(H,54,61)(H,55,65)(H,56,62);2-6H,1H3;2-5H2,1H3/b6-4-;;. The minimum atomic E-state index is -4.76. The van der Waals surface area contributed by atoms with Crippen molar-refractivity contribution in [1.29, 1.82) is 0 Å². The summed E-state index contributed by atoms with van der Waals surface area (Å²) in [7, 11) is -4.76. The fourth-order valence-corrected chi connectivity index (χ4v) is 8.00. The Morgan fingerprint density at radius 2 is 1.46 bits per heavy atom. The molecule has 26 heteroatoms. The van der Waals surface area contributed by atoms with Crippen LogP contribution >= 0.6 is 0 Å². The van der Waals surface area contributed by atoms with Crippen LogP contribution in [0.15, 0.2) is 110 Å². The molecule has 5 rings (SSSR count). The highest BCUT2D eigenvalue weighted by molar-refractivity contribution is 7.87. The van der Waals surface area contributed by atoms with Crippen LogP contribution in [0.3, 0.4) is 0 Å². The summed E-state index contributed by atoms with van der Waals surface area (Å²) in [6, 6.07) is 15.5. The number of carbonyl (C=O) groups excluding carboxylic acids is 7. The van der Waals surface area contributed by atoms with Gasteiger partial charge in [0.15, 0.2) is 0 Å². The predicted octanol–water partition coefficient (Wildman–Crippen LogP) is 0.914. The van der Waals surface area contributed by atoms with Crippen molar-refractivity contribution in [2.45, 2.75) is 90.5 Å². The molecule has 2 aromatic heterocycles. The number of H-pyrrole nitrogens is 2. The van der Waals surface area contributed by atoms with Gasteiger partial charge in [0.25, 0.3) is 16.1 Å². The SMILES string of the molecule is C=Cc1[nH]cc(CC(NC(=O)C(Cc2cnc[nH]2)NC(=O)CNC(=O)C(N)Cc2ccc(O)cc2)C(=O)NC(C)C(=O)NN(Cc2ccc(F)cc2)S(=O)(=O)NCC(=O)NCC(N)=O)c1/C=C\C.CCCCN.Cc1ccccc1. The zero-order valence-electron chi connectivity index (χ0n) is 45.1. The number of primary amides is 1. The number of nitrogens with one attached hydrogen (secondary N) is 9. The average molecular weight is 1130 g/mol. The lowest BCUT2D eigenvalue weighted by Gasteiger charge is -2.27. The van der Waals surface area contributed by atoms with Crippen LogP contribution in [0.1, 0.15) is 72.8 Å². The summed E-state index contributed by atoms with van der Waals surface area (Å²) in [5.74, 6) is -6.76. The molecule has 3 aromatic carbocycles. The van der Waals surface area contributed by atoms with Gasteiger partial charge in [0.1, 0.15) is 29.7 Å². The van der Waals surface area contributed by atoms with E-state index in [2.05, 4.69) is 79.5 Å². The van der Waals surface area contributed by atoms with E-state index in [1.165, 1.54) is 62.1 Å². The first-order valence-corrected chi connectivity index (χ1v) is 26.8. The van der Waals surface area contributed by atoms with Crippen molar-refractivity contribution in [3.05, 3.63) is 155 Å². The van der Waals surface area contributed by atoms with Crippen molar-refractivity contribution >= 4 is 63.7 Å². The smallest absolute Gasteiger partial charge is 0.297 e. The minimum Gasteiger partial charge on any atom is -0.508 e. The second kappa shape index (κ2) is 34.3. The molecule has 0 aliphatic heterocycles. The van der Waals surface area contributed by atoms with Gasteiger partial charge in [0.05, 0.1) is 38.5 Å². The quantitative estimate of drug-likeness (QED) is 0.0310. The Morgan fingerprint density at radius 1 is 0.812 bits per heavy atom. The summed E-state index contributed by atoms with van der Waals surface area (Å²) in [6.45, 7) is 9.22. The van der Waals surface area contributed by atoms with Crippen molar-refractivity contribution in [2.24, 2.45) is 17.2 Å². The van der Waals surface area contributed by atoms with E-state index in [0.29, 0.717) is 32.5 Å². The molecule has 4 atom stereocenters. The lowest BCUT2D eigenvalue weighted by molar-refractivity contribution is -0.134. The van der Waals surface area contributed by atoms with Crippen LogP contribution in [0.4, 0.5) is 4.39 Å². The maximum atomic E-state index is 14.2. The molecule has 0 aliphatic carbocycles. The number of unbranched alkanes of at least 4 members (excludes halogenated alkanes) is 1. The van der Waals surface area contributed by atoms with Gasteiger partial charge >= 0.3 is 0 Å². The van der Waals surface area contributed by atoms with Crippen molar-refractivity contribution in [3.8, 4) is 5.75 Å². The summed E-state index contributed by atoms with van der Waals surface area (Å²) in [5.41, 5.74) is 22.7. The molecule has 16 N–H and O–H groups in total. The Balaban J connectivity index is 0.00000124. The third-order valence-corrected chi connectivity index (χ3v) is 12.6. The van der Waals surface area contributed by atoms with Crippen LogP contribution in [-0.4, -0.2) is 125 Å². The van der Waals surface area contributed by atoms with E-state index in [1.54, 1.807) is 43.5 Å². The third-order valence-electron chi connectivity index (χ3n) is 11.3. The number of allylic oxidation sites excluding steroid dienone is 1. The summed E-state index contributed by atoms with van der Waals surface area (Å²) >= 11 is 0. The fourth-order valence-electron chi connectivity index (χ4n) is 7.00. The van der Waals surface area contributed by atoms with Crippen molar-refractivity contribution < 1.29 is 51.5 Å². The Hall–Kier alpha value is -8.56. The number of phenolic OH excluding ortho intramolecular Hbond substituents is 1. The van der Waals surface area contributed by atoms with E-state index >= 15 is 0 Å². The molecule has 0 bridgehead atoms. The van der Waals surface area contributed by atoms with Gasteiger partial charge in [-0.05, 0) is 87.2 Å². The molecular weight excluding hydrogens is 1060 g/mol. The normalized spacial score (nSPS) is 12.4. The van der Waals surface area contributed by atoms with Crippen molar-refractivity contribution in [1.82, 2.24) is 56.1 Å². The van der Waals surface area contributed by atoms with Gasteiger partial charge in [-0.15, -0.1) is 0 Å². The number of hydrogen-bond donors (Lipinski definition) is 13. The Kier molecular flexibility index (Phi) is 28.2. The topological polar surface area (TPSA) is 384 Å². The summed E-state index contributed by atoms with van der Waals surface area (Å²) < 4.78 is 43.0. The first-order chi connectivity index (χ1) is 38.1. The Morgan fingerprint density at radius 3 is 2.02 bits per heavy atom. The number of hydrazine groups is 1. The highest BCUT2D eigenvalue weighted by Crippen LogP contribution is 2.20. The first kappa shape index (κ1) is 65.7. The zero-order valence-corrected chi connectivity index (χ0v) is 45.9. The van der Waals surface area contributed by atoms with E-state index in [0.717, 1.165) is 18.7 Å². The number of halogens is 1. The molecule has 4 unspecified atom stereocenters. The molecule has 0 radical (unpaired) electrons. The molecule has 24 nitrogen and oxygen atoms in total. The van der Waals surface area contributed by atoms with E-state index in [4.69, 9.17) is 17.2 Å². The van der Waals surface area contributed by atoms with E-state index in [1.807, 2.05) is 22.9 Å². The van der Waals surface area contributed by atoms with Gasteiger partial charge in [-0.2, -0.15) is 13.1 Å². The van der Waals surface area contributed by atoms with Gasteiger partial charge in [-0.1, -0.05) is 96.7 Å². The summed E-state index contributed by atoms with van der Waals surface area (Å²) in [5, 5.41) is 21.8. The second-order valence-electron chi connectivity index (χ2n) is 17.9. The lowest BCUT2D eigenvalue weighted by Crippen LogP contribution is -2.59. The van der Waals surface area contributed by atoms with E-state index in [9.17, 15) is 51.5 Å². The summed E-state index contributed by atoms with van der Waals surface area (Å²) in [6.07, 6.45) is 11.5. The average Bonchev–Trinajstić information content (AvgIpc) is 4.09. The number of aromatic nitrogens is 3. The number of rotatable bonds is 28. The Bertz CT molecular complexity index is 2920. The van der Waals surface area contributed by atoms with Crippen LogP contribution in [-0.2, 0) is 69.6 Å². The summed E-state index contributed by atoms with van der Waals surface area (Å²) in [4.78, 5) is 101. The molecule has 0 saturated heterocycles. The van der Waals surface area contributed by atoms with Crippen LogP contribution in [0, 0.1) is 12.7 Å². The first-order valence-electron chi connectivity index (χ1n) is 25.3. The number of nitrogens with zero attached hydrogens (tertiary/aromatic N) is 2. The maximum Gasteiger partial charge on any atom is 0.297 e. The number of imidazole rings is 1. The highest BCUT2D eigenvalue weighted by atomic mass is 32.2. The number of nitrogens with two attached hydrogens (primary N) is 3. The molecule has 0 aliphatic rings. The van der Waals surface area contributed by atoms with Crippen LogP contribution in [0.25, 0.3) is 12.2 Å². The van der Waals surface area contributed by atoms with Crippen LogP contribution in [0.5, 0.6) is 5.75 Å². The molecule has 0 saturated carbocycles. The van der Waals surface area contributed by atoms with Crippen LogP contribution < -0.4 is 53.9 Å². The highest BCUT2D eigenvalue weighted by Gasteiger charge is 2.32. The molecule has 80 heavy (non-hydrogen) atoms. The number of aromatic hydroxyl groups is 1. The van der Waals surface area contributed by atoms with Gasteiger partial charge < -0.3 is 58.9 Å². The molecule has 7 amide bonds. The molecular formula is C54H73FN14O10S. The zero-order chi connectivity index (χ0) is 59.2. The maximum absolute atomic E-state index is 14.2. The van der Waals surface area contributed by atoms with Gasteiger partial charge in [-0.3, -0.25) is 39.0 Å². The number of phenols is 1. The fraction of sp³-hybridized carbons (Fsp3) is 0.333. The number of aryl methyl sites for hydroxylation is 1. The van der Waals surface area contributed by atoms with Crippen molar-refractivity contribution in [2.75, 3.05) is 26.2 Å². The largest absolute Gasteiger partial charge is 0.508 e. The lowest BCUT2D eigenvalue weighted by atomic mass is 10.0. The third kappa shape index (κ3) is 24.0. The molecule has 432 valence electrons. The van der Waals surface area contributed by atoms with Gasteiger partial charge in [0, 0.05) is 42.2 Å². The number of aromatic amines is 2. The Labute approximate surface area is 464 Å². The minimum absolute atomic E-state index is 0.0323. The molecule has 0 spiro atoms. The molecule has 5 aromatic rings.